The van der Waals surface area contributed by atoms with Crippen molar-refractivity contribution >= 4 is 17.0 Å². The van der Waals surface area contributed by atoms with Crippen LogP contribution in [0.15, 0.2) is 28.8 Å². The average molecular weight is 134 g/mol. The summed E-state index contributed by atoms with van der Waals surface area (Å²) in [4.78, 5) is 4.03. The van der Waals surface area contributed by atoms with Crippen LogP contribution in [-0.2, 0) is 0 Å². The van der Waals surface area contributed by atoms with Gasteiger partial charge in [-0.25, -0.2) is 0 Å². The molecule has 0 fully saturated rings. The summed E-state index contributed by atoms with van der Waals surface area (Å²) in [6.07, 6.45) is 1.71. The first-order valence-corrected chi connectivity index (χ1v) is 2.96. The standard InChI is InChI=1S/C7H6N2O/c8-7-4-5-6(10-7)2-1-3-9-5/h1-4H,8H2. The highest BCUT2D eigenvalue weighted by Crippen LogP contribution is 2.16. The summed E-state index contributed by atoms with van der Waals surface area (Å²) in [7, 11) is 0. The van der Waals surface area contributed by atoms with Gasteiger partial charge in [0.1, 0.15) is 5.52 Å². The summed E-state index contributed by atoms with van der Waals surface area (Å²) in [5, 5.41) is 0. The maximum Gasteiger partial charge on any atom is 0.193 e. The maximum atomic E-state index is 5.38. The van der Waals surface area contributed by atoms with Crippen molar-refractivity contribution in [2.24, 2.45) is 0 Å². The lowest BCUT2D eigenvalue weighted by molar-refractivity contribution is 0.637. The molecule has 0 aliphatic rings. The largest absolute Gasteiger partial charge is 0.439 e. The summed E-state index contributed by atoms with van der Waals surface area (Å²) in [5.74, 6) is 0.411. The summed E-state index contributed by atoms with van der Waals surface area (Å²) in [5.41, 5.74) is 6.93. The van der Waals surface area contributed by atoms with Crippen LogP contribution in [0.5, 0.6) is 0 Å². The molecular formula is C7H6N2O. The van der Waals surface area contributed by atoms with Crippen molar-refractivity contribution in [3.63, 3.8) is 0 Å². The van der Waals surface area contributed by atoms with Crippen LogP contribution in [0.25, 0.3) is 11.1 Å². The molecule has 0 bridgehead atoms. The van der Waals surface area contributed by atoms with E-state index in [9.17, 15) is 0 Å². The Morgan fingerprint density at radius 3 is 3.20 bits per heavy atom. The van der Waals surface area contributed by atoms with Crippen LogP contribution in [0, 0.1) is 0 Å². The molecule has 0 aliphatic carbocycles. The molecule has 2 aromatic heterocycles. The average Bonchev–Trinajstić information content (AvgIpc) is 2.27. The Kier molecular flexibility index (Phi) is 0.917. The van der Waals surface area contributed by atoms with E-state index in [1.807, 2.05) is 12.1 Å². The van der Waals surface area contributed by atoms with Crippen LogP contribution < -0.4 is 5.73 Å². The summed E-state index contributed by atoms with van der Waals surface area (Å²) in [6.45, 7) is 0. The number of rotatable bonds is 0. The van der Waals surface area contributed by atoms with Gasteiger partial charge in [0.25, 0.3) is 0 Å². The molecule has 0 atom stereocenters. The SMILES string of the molecule is Nc1cc2ncccc2o1. The normalized spacial score (nSPS) is 10.4. The van der Waals surface area contributed by atoms with Gasteiger partial charge in [-0.05, 0) is 12.1 Å². The fourth-order valence-corrected chi connectivity index (χ4v) is 0.889. The van der Waals surface area contributed by atoms with Gasteiger partial charge >= 0.3 is 0 Å². The van der Waals surface area contributed by atoms with Crippen molar-refractivity contribution in [1.29, 1.82) is 0 Å². The lowest BCUT2D eigenvalue weighted by Crippen LogP contribution is -1.75. The number of anilines is 1. The number of nitrogens with two attached hydrogens (primary N) is 1. The molecule has 3 heteroatoms. The van der Waals surface area contributed by atoms with E-state index in [0.29, 0.717) is 5.88 Å². The fraction of sp³-hybridized carbons (Fsp3) is 0. The Hall–Kier alpha value is -1.51. The molecule has 2 N–H and O–H groups in total. The van der Waals surface area contributed by atoms with Gasteiger partial charge in [-0.1, -0.05) is 0 Å². The van der Waals surface area contributed by atoms with Crippen molar-refractivity contribution in [2.75, 3.05) is 5.73 Å². The number of hydrogen-bond donors (Lipinski definition) is 1. The third-order valence-corrected chi connectivity index (χ3v) is 1.31. The molecule has 50 valence electrons. The smallest absolute Gasteiger partial charge is 0.193 e. The minimum atomic E-state index is 0.411. The van der Waals surface area contributed by atoms with Gasteiger partial charge in [0.05, 0.1) is 0 Å². The monoisotopic (exact) mass is 134 g/mol. The van der Waals surface area contributed by atoms with Gasteiger partial charge in [-0.2, -0.15) is 0 Å². The summed E-state index contributed by atoms with van der Waals surface area (Å²) >= 11 is 0. The van der Waals surface area contributed by atoms with Crippen LogP contribution in [-0.4, -0.2) is 4.98 Å². The predicted octanol–water partition coefficient (Wildman–Crippen LogP) is 1.41. The number of furan rings is 1. The highest BCUT2D eigenvalue weighted by molar-refractivity contribution is 5.75. The van der Waals surface area contributed by atoms with Crippen LogP contribution in [0.2, 0.25) is 0 Å². The first-order valence-electron chi connectivity index (χ1n) is 2.96. The second kappa shape index (κ2) is 1.73. The molecule has 10 heavy (non-hydrogen) atoms. The predicted molar refractivity (Wildman–Crippen MR) is 38.4 cm³/mol. The van der Waals surface area contributed by atoms with Crippen LogP contribution in [0.4, 0.5) is 5.88 Å². The van der Waals surface area contributed by atoms with Gasteiger partial charge in [-0.3, -0.25) is 4.98 Å². The van der Waals surface area contributed by atoms with E-state index in [0.717, 1.165) is 11.1 Å². The highest BCUT2D eigenvalue weighted by Gasteiger charge is 1.97. The molecule has 0 saturated heterocycles. The Bertz CT molecular complexity index is 320. The van der Waals surface area contributed by atoms with Crippen molar-refractivity contribution in [3.05, 3.63) is 24.4 Å². The molecular weight excluding hydrogens is 128 g/mol. The Labute approximate surface area is 57.5 Å². The fourth-order valence-electron chi connectivity index (χ4n) is 0.889. The number of fused-ring (bicyclic) bond motifs is 1. The molecule has 0 aromatic carbocycles. The van der Waals surface area contributed by atoms with E-state index in [1.54, 1.807) is 12.3 Å². The zero-order chi connectivity index (χ0) is 6.97. The minimum absolute atomic E-state index is 0.411. The number of aromatic nitrogens is 1. The zero-order valence-electron chi connectivity index (χ0n) is 5.24. The number of nitrogens with zero attached hydrogens (tertiary/aromatic N) is 1. The van der Waals surface area contributed by atoms with Gasteiger partial charge in [0.2, 0.25) is 0 Å². The van der Waals surface area contributed by atoms with E-state index in [4.69, 9.17) is 10.2 Å². The van der Waals surface area contributed by atoms with Crippen molar-refractivity contribution in [3.8, 4) is 0 Å². The first-order chi connectivity index (χ1) is 4.86. The van der Waals surface area contributed by atoms with Gasteiger partial charge < -0.3 is 10.2 Å². The van der Waals surface area contributed by atoms with Crippen LogP contribution in [0.1, 0.15) is 0 Å². The van der Waals surface area contributed by atoms with Crippen molar-refractivity contribution in [1.82, 2.24) is 4.98 Å². The number of hydrogen-bond acceptors (Lipinski definition) is 3. The van der Waals surface area contributed by atoms with Crippen LogP contribution >= 0.6 is 0 Å². The molecule has 2 rings (SSSR count). The zero-order valence-corrected chi connectivity index (χ0v) is 5.24. The summed E-state index contributed by atoms with van der Waals surface area (Å²) in [6, 6.07) is 5.35. The lowest BCUT2D eigenvalue weighted by atomic mass is 10.4. The number of nitrogen functional groups attached to an aromatic ring is 1. The molecule has 3 nitrogen and oxygen atoms in total. The maximum absolute atomic E-state index is 5.38. The topological polar surface area (TPSA) is 52.0 Å². The third kappa shape index (κ3) is 0.639. The van der Waals surface area contributed by atoms with Crippen molar-refractivity contribution < 1.29 is 4.42 Å². The van der Waals surface area contributed by atoms with E-state index in [2.05, 4.69) is 4.98 Å². The highest BCUT2D eigenvalue weighted by atomic mass is 16.3. The lowest BCUT2D eigenvalue weighted by Gasteiger charge is -1.81. The Morgan fingerprint density at radius 2 is 2.40 bits per heavy atom. The Balaban J connectivity index is 2.88. The van der Waals surface area contributed by atoms with Gasteiger partial charge in [0.15, 0.2) is 11.5 Å². The van der Waals surface area contributed by atoms with Crippen LogP contribution in [0.3, 0.4) is 0 Å². The molecule has 0 unspecified atom stereocenters. The quantitative estimate of drug-likeness (QED) is 0.592. The van der Waals surface area contributed by atoms with E-state index in [-0.39, 0.29) is 0 Å². The van der Waals surface area contributed by atoms with E-state index < -0.39 is 0 Å². The second-order valence-electron chi connectivity index (χ2n) is 2.04. The van der Waals surface area contributed by atoms with Gasteiger partial charge in [-0.15, -0.1) is 0 Å². The van der Waals surface area contributed by atoms with E-state index >= 15 is 0 Å². The molecule has 0 radical (unpaired) electrons. The first kappa shape index (κ1) is 5.29. The molecule has 2 heterocycles. The summed E-state index contributed by atoms with van der Waals surface area (Å²) < 4.78 is 5.08. The molecule has 0 amide bonds. The van der Waals surface area contributed by atoms with E-state index in [1.165, 1.54) is 0 Å². The second-order valence-corrected chi connectivity index (χ2v) is 2.04. The molecule has 0 saturated carbocycles. The molecule has 0 aliphatic heterocycles. The minimum Gasteiger partial charge on any atom is -0.439 e. The Morgan fingerprint density at radius 1 is 1.50 bits per heavy atom. The molecule has 2 aromatic rings. The van der Waals surface area contributed by atoms with Crippen molar-refractivity contribution in [2.45, 2.75) is 0 Å². The molecule has 0 spiro atoms. The third-order valence-electron chi connectivity index (χ3n) is 1.31. The van der Waals surface area contributed by atoms with Gasteiger partial charge in [0, 0.05) is 12.3 Å². The number of pyridine rings is 1.